The molecule has 3 aromatic rings. The van der Waals surface area contributed by atoms with Gasteiger partial charge >= 0.3 is 0 Å². The minimum Gasteiger partial charge on any atom is -0.497 e. The Bertz CT molecular complexity index is 898. The van der Waals surface area contributed by atoms with Gasteiger partial charge in [-0.3, -0.25) is 4.79 Å². The third-order valence-electron chi connectivity index (χ3n) is 4.19. The number of amides is 1. The first-order valence-electron chi connectivity index (χ1n) is 8.92. The lowest BCUT2D eigenvalue weighted by molar-refractivity contribution is -0.133. The molecule has 146 valence electrons. The van der Waals surface area contributed by atoms with Crippen LogP contribution in [-0.4, -0.2) is 58.4 Å². The molecule has 0 aliphatic heterocycles. The first kappa shape index (κ1) is 19.5. The van der Waals surface area contributed by atoms with Gasteiger partial charge in [-0.2, -0.15) is 4.80 Å². The number of methoxy groups -OCH3 is 2. The van der Waals surface area contributed by atoms with Gasteiger partial charge in [0.2, 0.25) is 11.7 Å². The van der Waals surface area contributed by atoms with Gasteiger partial charge in [-0.15, -0.1) is 10.2 Å². The van der Waals surface area contributed by atoms with E-state index in [9.17, 15) is 4.79 Å². The number of carbonyl (C=O) groups excluding carboxylic acids is 1. The summed E-state index contributed by atoms with van der Waals surface area (Å²) in [6.07, 6.45) is 0. The molecular weight excluding hydrogens is 358 g/mol. The zero-order chi connectivity index (χ0) is 19.8. The zero-order valence-corrected chi connectivity index (χ0v) is 16.0. The van der Waals surface area contributed by atoms with E-state index < -0.39 is 0 Å². The average Bonchev–Trinajstić information content (AvgIpc) is 3.20. The van der Waals surface area contributed by atoms with Gasteiger partial charge in [0, 0.05) is 25.8 Å². The quantitative estimate of drug-likeness (QED) is 0.564. The van der Waals surface area contributed by atoms with Crippen LogP contribution in [0.5, 0.6) is 5.75 Å². The van der Waals surface area contributed by atoms with E-state index in [1.54, 1.807) is 19.1 Å². The molecule has 0 fully saturated rings. The molecular formula is C20H23N5O3. The maximum absolute atomic E-state index is 12.8. The summed E-state index contributed by atoms with van der Waals surface area (Å²) >= 11 is 0. The summed E-state index contributed by atoms with van der Waals surface area (Å²) in [7, 11) is 3.22. The van der Waals surface area contributed by atoms with Crippen LogP contribution in [-0.2, 0) is 22.6 Å². The van der Waals surface area contributed by atoms with Crippen LogP contribution in [0.1, 0.15) is 5.56 Å². The summed E-state index contributed by atoms with van der Waals surface area (Å²) in [4.78, 5) is 15.8. The number of hydrogen-bond donors (Lipinski definition) is 0. The minimum absolute atomic E-state index is 0.00746. The maximum Gasteiger partial charge on any atom is 0.246 e. The molecule has 8 heteroatoms. The number of aromatic nitrogens is 4. The van der Waals surface area contributed by atoms with Crippen LogP contribution in [0.2, 0.25) is 0 Å². The fraction of sp³-hybridized carbons (Fsp3) is 0.300. The Labute approximate surface area is 163 Å². The van der Waals surface area contributed by atoms with Crippen LogP contribution >= 0.6 is 0 Å². The number of ether oxygens (including phenoxy) is 2. The molecule has 0 spiro atoms. The number of benzene rings is 2. The largest absolute Gasteiger partial charge is 0.497 e. The molecule has 0 aliphatic carbocycles. The van der Waals surface area contributed by atoms with E-state index in [1.165, 1.54) is 4.80 Å². The second-order valence-electron chi connectivity index (χ2n) is 6.17. The minimum atomic E-state index is -0.101. The third-order valence-corrected chi connectivity index (χ3v) is 4.19. The number of rotatable bonds is 9. The Morgan fingerprint density at radius 2 is 1.93 bits per heavy atom. The van der Waals surface area contributed by atoms with Crippen LogP contribution in [0.3, 0.4) is 0 Å². The molecule has 0 saturated carbocycles. The molecule has 0 N–H and O–H groups in total. The molecule has 1 aromatic heterocycles. The summed E-state index contributed by atoms with van der Waals surface area (Å²) in [5, 5.41) is 12.4. The summed E-state index contributed by atoms with van der Waals surface area (Å²) < 4.78 is 10.4. The van der Waals surface area contributed by atoms with Gasteiger partial charge in [-0.1, -0.05) is 42.5 Å². The predicted molar refractivity (Wildman–Crippen MR) is 104 cm³/mol. The Balaban J connectivity index is 1.70. The van der Waals surface area contributed by atoms with Crippen LogP contribution in [0.15, 0.2) is 54.6 Å². The van der Waals surface area contributed by atoms with Crippen molar-refractivity contribution in [2.24, 2.45) is 0 Å². The second kappa shape index (κ2) is 9.61. The Hall–Kier alpha value is -3.26. The molecule has 28 heavy (non-hydrogen) atoms. The highest BCUT2D eigenvalue weighted by molar-refractivity contribution is 5.75. The molecule has 3 rings (SSSR count). The van der Waals surface area contributed by atoms with E-state index in [4.69, 9.17) is 9.47 Å². The standard InChI is InChI=1S/C20H23N5O3/c1-27-12-11-24(14-16-7-4-3-5-8-16)19(26)15-25-22-20(21-23-25)17-9-6-10-18(13-17)28-2/h3-10,13H,11-12,14-15H2,1-2H3. The van der Waals surface area contributed by atoms with Crippen LogP contribution in [0, 0.1) is 0 Å². The van der Waals surface area contributed by atoms with Crippen molar-refractivity contribution >= 4 is 5.91 Å². The van der Waals surface area contributed by atoms with E-state index in [2.05, 4.69) is 15.4 Å². The van der Waals surface area contributed by atoms with E-state index in [-0.39, 0.29) is 12.5 Å². The van der Waals surface area contributed by atoms with Crippen molar-refractivity contribution in [2.75, 3.05) is 27.4 Å². The molecule has 0 radical (unpaired) electrons. The van der Waals surface area contributed by atoms with E-state index in [0.29, 0.717) is 31.3 Å². The van der Waals surface area contributed by atoms with Crippen molar-refractivity contribution in [1.29, 1.82) is 0 Å². The van der Waals surface area contributed by atoms with Gasteiger partial charge in [0.05, 0.1) is 13.7 Å². The van der Waals surface area contributed by atoms with Crippen LogP contribution < -0.4 is 4.74 Å². The second-order valence-corrected chi connectivity index (χ2v) is 6.17. The normalized spacial score (nSPS) is 10.6. The maximum atomic E-state index is 12.8. The highest BCUT2D eigenvalue weighted by Crippen LogP contribution is 2.19. The van der Waals surface area contributed by atoms with E-state index in [0.717, 1.165) is 11.1 Å². The molecule has 2 aromatic carbocycles. The number of hydrogen-bond acceptors (Lipinski definition) is 6. The molecule has 0 unspecified atom stereocenters. The van der Waals surface area contributed by atoms with E-state index >= 15 is 0 Å². The molecule has 0 saturated heterocycles. The van der Waals surface area contributed by atoms with Crippen molar-refractivity contribution in [3.63, 3.8) is 0 Å². The van der Waals surface area contributed by atoms with Gasteiger partial charge in [0.25, 0.3) is 0 Å². The molecule has 1 amide bonds. The SMILES string of the molecule is COCCN(Cc1ccccc1)C(=O)Cn1nnc(-c2cccc(OC)c2)n1. The van der Waals surface area contributed by atoms with Gasteiger partial charge < -0.3 is 14.4 Å². The van der Waals surface area contributed by atoms with Crippen LogP contribution in [0.4, 0.5) is 0 Å². The molecule has 8 nitrogen and oxygen atoms in total. The Morgan fingerprint density at radius 1 is 1.11 bits per heavy atom. The van der Waals surface area contributed by atoms with Crippen molar-refractivity contribution < 1.29 is 14.3 Å². The van der Waals surface area contributed by atoms with Crippen molar-refractivity contribution in [1.82, 2.24) is 25.1 Å². The molecule has 1 heterocycles. The van der Waals surface area contributed by atoms with Crippen molar-refractivity contribution in [3.8, 4) is 17.1 Å². The highest BCUT2D eigenvalue weighted by Gasteiger charge is 2.17. The Morgan fingerprint density at radius 3 is 2.68 bits per heavy atom. The number of tetrazole rings is 1. The van der Waals surface area contributed by atoms with Gasteiger partial charge in [-0.05, 0) is 22.9 Å². The van der Waals surface area contributed by atoms with Gasteiger partial charge in [0.1, 0.15) is 12.3 Å². The van der Waals surface area contributed by atoms with Crippen molar-refractivity contribution in [3.05, 3.63) is 60.2 Å². The first-order valence-corrected chi connectivity index (χ1v) is 8.92. The van der Waals surface area contributed by atoms with Gasteiger partial charge in [0.15, 0.2) is 0 Å². The summed E-state index contributed by atoms with van der Waals surface area (Å²) in [6, 6.07) is 17.2. The Kier molecular flexibility index (Phi) is 6.69. The first-order chi connectivity index (χ1) is 13.7. The average molecular weight is 381 g/mol. The third kappa shape index (κ3) is 5.14. The van der Waals surface area contributed by atoms with E-state index in [1.807, 2.05) is 54.6 Å². The number of nitrogens with zero attached hydrogens (tertiary/aromatic N) is 5. The van der Waals surface area contributed by atoms with Crippen LogP contribution in [0.25, 0.3) is 11.4 Å². The highest BCUT2D eigenvalue weighted by atomic mass is 16.5. The molecule has 0 aliphatic rings. The summed E-state index contributed by atoms with van der Waals surface area (Å²) in [5.74, 6) is 1.05. The summed E-state index contributed by atoms with van der Waals surface area (Å²) in [6.45, 7) is 1.45. The fourth-order valence-electron chi connectivity index (χ4n) is 2.71. The fourth-order valence-corrected chi connectivity index (χ4v) is 2.71. The topological polar surface area (TPSA) is 82.4 Å². The zero-order valence-electron chi connectivity index (χ0n) is 16.0. The predicted octanol–water partition coefficient (Wildman–Crippen LogP) is 2.02. The number of carbonyl (C=O) groups is 1. The summed E-state index contributed by atoms with van der Waals surface area (Å²) in [5.41, 5.74) is 1.83. The van der Waals surface area contributed by atoms with Crippen molar-refractivity contribution in [2.45, 2.75) is 13.1 Å². The lowest BCUT2D eigenvalue weighted by atomic mass is 10.2. The smallest absolute Gasteiger partial charge is 0.246 e. The monoisotopic (exact) mass is 381 g/mol. The lowest BCUT2D eigenvalue weighted by Gasteiger charge is -2.22. The molecule has 0 bridgehead atoms. The lowest BCUT2D eigenvalue weighted by Crippen LogP contribution is -2.36. The molecule has 0 atom stereocenters. The van der Waals surface area contributed by atoms with Gasteiger partial charge in [-0.25, -0.2) is 0 Å².